The van der Waals surface area contributed by atoms with Gasteiger partial charge < -0.3 is 22.3 Å². The number of hydrogen-bond donors (Lipinski definition) is 4. The second-order valence-corrected chi connectivity index (χ2v) is 4.22. The Hall–Kier alpha value is -1.38. The summed E-state index contributed by atoms with van der Waals surface area (Å²) in [6, 6.07) is -0.494. The van der Waals surface area contributed by atoms with E-state index in [1.165, 1.54) is 0 Å². The second kappa shape index (κ2) is 11.4. The van der Waals surface area contributed by atoms with Gasteiger partial charge in [-0.1, -0.05) is 6.42 Å². The lowest BCUT2D eigenvalue weighted by molar-refractivity contribution is -0.126. The number of carbonyl (C=O) groups is 3. The van der Waals surface area contributed by atoms with Crippen LogP contribution in [-0.4, -0.2) is 47.0 Å². The maximum Gasteiger partial charge on any atom is 0.414 e. The van der Waals surface area contributed by atoms with Crippen molar-refractivity contribution < 1.29 is 19.5 Å². The van der Waals surface area contributed by atoms with E-state index < -0.39 is 18.0 Å². The maximum atomic E-state index is 10.6. The van der Waals surface area contributed by atoms with Crippen LogP contribution in [0.4, 0.5) is 4.79 Å². The van der Waals surface area contributed by atoms with Crippen molar-refractivity contribution in [1.29, 1.82) is 0 Å². The van der Waals surface area contributed by atoms with Crippen LogP contribution in [0, 0.1) is 0 Å². The van der Waals surface area contributed by atoms with Gasteiger partial charge in [-0.25, -0.2) is 9.69 Å². The van der Waals surface area contributed by atoms with Crippen LogP contribution in [0.5, 0.6) is 0 Å². The van der Waals surface area contributed by atoms with Gasteiger partial charge in [-0.15, -0.1) is 12.4 Å². The van der Waals surface area contributed by atoms with Crippen LogP contribution in [0.25, 0.3) is 0 Å². The summed E-state index contributed by atoms with van der Waals surface area (Å²) in [6.45, 7) is 1.01. The summed E-state index contributed by atoms with van der Waals surface area (Å²) in [7, 11) is 0. The molecule has 1 aliphatic rings. The molecule has 1 aliphatic heterocycles. The third-order valence-electron chi connectivity index (χ3n) is 2.64. The van der Waals surface area contributed by atoms with Gasteiger partial charge in [0.25, 0.3) is 0 Å². The first-order valence-corrected chi connectivity index (χ1v) is 6.18. The number of nitrogens with two attached hydrogens (primary N) is 3. The average Bonchev–Trinajstić information content (AvgIpc) is 2.76. The van der Waals surface area contributed by atoms with E-state index >= 15 is 0 Å². The summed E-state index contributed by atoms with van der Waals surface area (Å²) < 4.78 is 0. The number of likely N-dealkylation sites (tertiary alicyclic amines) is 1. The number of halogens is 1. The zero-order valence-corrected chi connectivity index (χ0v) is 12.1. The molecule has 118 valence electrons. The van der Waals surface area contributed by atoms with Gasteiger partial charge in [-0.3, -0.25) is 9.59 Å². The summed E-state index contributed by atoms with van der Waals surface area (Å²) in [5, 5.41) is 8.29. The Balaban J connectivity index is 0. The van der Waals surface area contributed by atoms with Gasteiger partial charge in [0.15, 0.2) is 0 Å². The van der Waals surface area contributed by atoms with Crippen molar-refractivity contribution >= 4 is 30.3 Å². The van der Waals surface area contributed by atoms with Crippen molar-refractivity contribution in [1.82, 2.24) is 4.90 Å². The summed E-state index contributed by atoms with van der Waals surface area (Å²) in [6.07, 6.45) is 2.35. The third kappa shape index (κ3) is 8.68. The Morgan fingerprint density at radius 1 is 1.35 bits per heavy atom. The standard InChI is InChI=1S/C6H15N3O.C5H7NO3.ClH/c7-4-2-1-3-5(8)6(9)10;7-4-2-1-3-6(4)5(8)9;/h5H,1-4,7-8H2,(H2,9,10);1-3H2,(H,8,9);1H/t5-;;/m0../s1. The molecule has 0 aromatic rings. The molecule has 0 aromatic carbocycles. The van der Waals surface area contributed by atoms with Crippen LogP contribution in [0.3, 0.4) is 0 Å². The van der Waals surface area contributed by atoms with Crippen molar-refractivity contribution in [2.24, 2.45) is 17.2 Å². The number of amides is 3. The topological polar surface area (TPSA) is 153 Å². The third-order valence-corrected chi connectivity index (χ3v) is 2.64. The Kier molecular flexibility index (Phi) is 12.0. The molecule has 1 fully saturated rings. The van der Waals surface area contributed by atoms with Crippen LogP contribution in [0.15, 0.2) is 0 Å². The molecular weight excluding hydrogens is 288 g/mol. The minimum atomic E-state index is -1.13. The van der Waals surface area contributed by atoms with Crippen molar-refractivity contribution in [3.05, 3.63) is 0 Å². The molecular formula is C11H23ClN4O4. The van der Waals surface area contributed by atoms with Crippen LogP contribution in [-0.2, 0) is 9.59 Å². The highest BCUT2D eigenvalue weighted by Gasteiger charge is 2.25. The maximum absolute atomic E-state index is 10.6. The molecule has 1 saturated heterocycles. The first-order chi connectivity index (χ1) is 8.90. The van der Waals surface area contributed by atoms with E-state index in [-0.39, 0.29) is 18.3 Å². The summed E-state index contributed by atoms with van der Waals surface area (Å²) >= 11 is 0. The monoisotopic (exact) mass is 310 g/mol. The number of primary amides is 1. The molecule has 0 spiro atoms. The highest BCUT2D eigenvalue weighted by atomic mass is 35.5. The number of carboxylic acid groups (broad SMARTS) is 1. The summed E-state index contributed by atoms with van der Waals surface area (Å²) in [5.74, 6) is -0.709. The number of nitrogens with zero attached hydrogens (tertiary/aromatic N) is 1. The lowest BCUT2D eigenvalue weighted by atomic mass is 10.1. The molecule has 3 amide bonds. The molecule has 8 nitrogen and oxygen atoms in total. The van der Waals surface area contributed by atoms with Gasteiger partial charge >= 0.3 is 6.09 Å². The summed E-state index contributed by atoms with van der Waals surface area (Å²) in [5.41, 5.74) is 15.5. The van der Waals surface area contributed by atoms with Crippen molar-refractivity contribution in [2.45, 2.75) is 38.1 Å². The van der Waals surface area contributed by atoms with E-state index in [9.17, 15) is 14.4 Å². The Morgan fingerprint density at radius 3 is 2.25 bits per heavy atom. The molecule has 1 heterocycles. The molecule has 0 saturated carbocycles. The number of carbonyl (C=O) groups excluding carboxylic acids is 2. The van der Waals surface area contributed by atoms with Gasteiger partial charge in [-0.05, 0) is 25.8 Å². The summed E-state index contributed by atoms with van der Waals surface area (Å²) in [4.78, 5) is 31.9. The van der Waals surface area contributed by atoms with Gasteiger partial charge in [0, 0.05) is 13.0 Å². The Labute approximate surface area is 124 Å². The first-order valence-electron chi connectivity index (χ1n) is 6.18. The average molecular weight is 311 g/mol. The molecule has 0 bridgehead atoms. The molecule has 1 atom stereocenters. The lowest BCUT2D eigenvalue weighted by Crippen LogP contribution is -2.36. The van der Waals surface area contributed by atoms with E-state index in [1.54, 1.807) is 0 Å². The van der Waals surface area contributed by atoms with Gasteiger partial charge in [0.1, 0.15) is 0 Å². The lowest BCUT2D eigenvalue weighted by Gasteiger charge is -2.05. The Bertz CT molecular complexity index is 328. The van der Waals surface area contributed by atoms with E-state index in [2.05, 4.69) is 0 Å². The largest absolute Gasteiger partial charge is 0.465 e. The highest BCUT2D eigenvalue weighted by molar-refractivity contribution is 5.92. The van der Waals surface area contributed by atoms with E-state index in [0.717, 1.165) is 17.7 Å². The van der Waals surface area contributed by atoms with Crippen LogP contribution in [0.1, 0.15) is 32.1 Å². The van der Waals surface area contributed by atoms with Gasteiger partial charge in [0.05, 0.1) is 6.04 Å². The second-order valence-electron chi connectivity index (χ2n) is 4.22. The minimum Gasteiger partial charge on any atom is -0.465 e. The number of imide groups is 1. The quantitative estimate of drug-likeness (QED) is 0.508. The van der Waals surface area contributed by atoms with Crippen molar-refractivity contribution in [2.75, 3.05) is 13.1 Å². The Morgan fingerprint density at radius 2 is 1.95 bits per heavy atom. The predicted molar refractivity (Wildman–Crippen MR) is 76.3 cm³/mol. The number of unbranched alkanes of at least 4 members (excludes halogenated alkanes) is 1. The van der Waals surface area contributed by atoms with Gasteiger partial charge in [0.2, 0.25) is 11.8 Å². The zero-order valence-electron chi connectivity index (χ0n) is 11.3. The van der Waals surface area contributed by atoms with E-state index in [0.29, 0.717) is 32.4 Å². The highest BCUT2D eigenvalue weighted by Crippen LogP contribution is 2.08. The zero-order chi connectivity index (χ0) is 14.8. The number of rotatable bonds is 5. The molecule has 1 rings (SSSR count). The van der Waals surface area contributed by atoms with Crippen molar-refractivity contribution in [3.63, 3.8) is 0 Å². The van der Waals surface area contributed by atoms with Gasteiger partial charge in [-0.2, -0.15) is 0 Å². The molecule has 0 aliphatic carbocycles. The molecule has 7 N–H and O–H groups in total. The van der Waals surface area contributed by atoms with Crippen LogP contribution >= 0.6 is 12.4 Å². The first kappa shape index (κ1) is 20.9. The fourth-order valence-electron chi connectivity index (χ4n) is 1.50. The predicted octanol–water partition coefficient (Wildman–Crippen LogP) is -0.363. The van der Waals surface area contributed by atoms with E-state index in [1.807, 2.05) is 0 Å². The molecule has 0 aromatic heterocycles. The van der Waals surface area contributed by atoms with Crippen molar-refractivity contribution in [3.8, 4) is 0 Å². The fraction of sp³-hybridized carbons (Fsp3) is 0.727. The normalized spacial score (nSPS) is 14.9. The SMILES string of the molecule is Cl.NCCCC[C@H](N)C(N)=O.O=C(O)N1CCCC1=O. The molecule has 0 radical (unpaired) electrons. The number of hydrogen-bond acceptors (Lipinski definition) is 5. The van der Waals surface area contributed by atoms with Crippen LogP contribution < -0.4 is 17.2 Å². The smallest absolute Gasteiger partial charge is 0.414 e. The molecule has 20 heavy (non-hydrogen) atoms. The fourth-order valence-corrected chi connectivity index (χ4v) is 1.50. The van der Waals surface area contributed by atoms with Crippen LogP contribution in [0.2, 0.25) is 0 Å². The minimum absolute atomic E-state index is 0. The molecule has 9 heteroatoms. The molecule has 0 unspecified atom stereocenters. The van der Waals surface area contributed by atoms with E-state index in [4.69, 9.17) is 22.3 Å².